The zero-order valence-electron chi connectivity index (χ0n) is 39.6. The number of furan rings is 1. The fourth-order valence-corrected chi connectivity index (χ4v) is 13.1. The molecule has 3 heterocycles. The minimum atomic E-state index is 0.0657. The molecule has 0 atom stereocenters. The molecule has 1 N–H and O–H groups in total. The summed E-state index contributed by atoms with van der Waals surface area (Å²) in [6.45, 7) is 24.3. The molecule has 0 fully saturated rings. The van der Waals surface area contributed by atoms with Gasteiger partial charge in [-0.05, 0) is 164 Å². The molecule has 12 rings (SSSR count). The fourth-order valence-electron chi connectivity index (χ4n) is 11.9. The van der Waals surface area contributed by atoms with Crippen LogP contribution >= 0.6 is 11.3 Å². The Morgan fingerprint density at radius 1 is 0.569 bits per heavy atom. The smallest absolute Gasteiger partial charge is 0.211 e. The van der Waals surface area contributed by atoms with Gasteiger partial charge >= 0.3 is 0 Å². The number of hydrogen-bond acceptors (Lipinski definition) is 4. The van der Waals surface area contributed by atoms with E-state index in [-0.39, 0.29) is 21.7 Å². The summed E-state index contributed by atoms with van der Waals surface area (Å²) < 4.78 is 9.28. The highest BCUT2D eigenvalue weighted by molar-refractivity contribution is 7.29. The van der Waals surface area contributed by atoms with Crippen molar-refractivity contribution in [2.45, 2.75) is 117 Å². The molecule has 323 valence electrons. The molecular formula is C60H58BN2OS. The van der Waals surface area contributed by atoms with E-state index in [2.05, 4.69) is 196 Å². The molecule has 9 aromatic rings. The topological polar surface area (TPSA) is 28.4 Å². The molecule has 2 aliphatic carbocycles. The van der Waals surface area contributed by atoms with Crippen molar-refractivity contribution in [2.24, 2.45) is 0 Å². The van der Waals surface area contributed by atoms with E-state index in [9.17, 15) is 0 Å². The molecule has 3 aliphatic rings. The molecule has 0 unspecified atom stereocenters. The second-order valence-corrected chi connectivity index (χ2v) is 23.4. The third kappa shape index (κ3) is 6.13. The Morgan fingerprint density at radius 3 is 1.94 bits per heavy atom. The Labute approximate surface area is 389 Å². The molecular weight excluding hydrogens is 808 g/mol. The van der Waals surface area contributed by atoms with Gasteiger partial charge in [0.15, 0.2) is 5.58 Å². The molecule has 0 saturated heterocycles. The Kier molecular flexibility index (Phi) is 8.69. The van der Waals surface area contributed by atoms with Crippen LogP contribution in [0.1, 0.15) is 114 Å². The van der Waals surface area contributed by atoms with Gasteiger partial charge in [0.05, 0.1) is 11.4 Å². The highest BCUT2D eigenvalue weighted by Gasteiger charge is 2.42. The van der Waals surface area contributed by atoms with Crippen LogP contribution in [0.2, 0.25) is 0 Å². The zero-order valence-corrected chi connectivity index (χ0v) is 40.5. The van der Waals surface area contributed by atoms with Gasteiger partial charge in [0.1, 0.15) is 5.58 Å². The summed E-state index contributed by atoms with van der Waals surface area (Å²) in [7, 11) is 2.53. The van der Waals surface area contributed by atoms with Crippen molar-refractivity contribution in [3.05, 3.63) is 149 Å². The molecule has 2 aromatic heterocycles. The van der Waals surface area contributed by atoms with E-state index < -0.39 is 0 Å². The van der Waals surface area contributed by atoms with E-state index in [0.717, 1.165) is 33.3 Å². The van der Waals surface area contributed by atoms with Crippen molar-refractivity contribution in [3.63, 3.8) is 0 Å². The summed E-state index contributed by atoms with van der Waals surface area (Å²) in [6.07, 6.45) is 4.75. The molecule has 0 amide bonds. The number of benzene rings is 7. The van der Waals surface area contributed by atoms with Gasteiger partial charge in [0.2, 0.25) is 7.28 Å². The van der Waals surface area contributed by atoms with Crippen LogP contribution in [-0.4, -0.2) is 7.28 Å². The summed E-state index contributed by atoms with van der Waals surface area (Å²) in [4.78, 5) is 2.69. The van der Waals surface area contributed by atoms with Crippen molar-refractivity contribution in [2.75, 3.05) is 10.2 Å². The van der Waals surface area contributed by atoms with Gasteiger partial charge in [-0.25, -0.2) is 0 Å². The summed E-state index contributed by atoms with van der Waals surface area (Å²) >= 11 is 1.97. The summed E-state index contributed by atoms with van der Waals surface area (Å²) in [6, 6.07) is 43.4. The highest BCUT2D eigenvalue weighted by Crippen LogP contribution is 2.54. The van der Waals surface area contributed by atoms with Gasteiger partial charge in [-0.15, -0.1) is 11.3 Å². The Bertz CT molecular complexity index is 3490. The zero-order chi connectivity index (χ0) is 44.9. The Balaban J connectivity index is 1.14. The van der Waals surface area contributed by atoms with Crippen molar-refractivity contribution in [1.29, 1.82) is 0 Å². The summed E-state index contributed by atoms with van der Waals surface area (Å²) in [5.74, 6) is 0. The molecule has 0 saturated carbocycles. The van der Waals surface area contributed by atoms with Crippen LogP contribution in [0.4, 0.5) is 28.4 Å². The highest BCUT2D eigenvalue weighted by atomic mass is 32.1. The van der Waals surface area contributed by atoms with Gasteiger partial charge in [0.25, 0.3) is 0 Å². The number of nitrogens with one attached hydrogen (secondary N) is 1. The second-order valence-electron chi connectivity index (χ2n) is 22.3. The summed E-state index contributed by atoms with van der Waals surface area (Å²) in [5, 5.41) is 10.0. The standard InChI is InChI=1S/C60H58BN2OS/c1-34-28-41(52-37-17-12-11-16-36(37)22-23-46(52)62-47-20-15-19-39-38-18-13-14-21-50(38)64-55(39)47)53-49(29-34)63(48-32-44-42(30-35(48)2)57(3,4)24-26-59(44,7)8)54-40-31-43-45(33-51(40)65-56(54)61-53)60(9,10)27-25-58(43,5)6/h11-23,28-33,62H,24-27H2,1-10H3. The molecule has 7 aromatic carbocycles. The first-order valence-corrected chi connectivity index (χ1v) is 24.6. The van der Waals surface area contributed by atoms with E-state index in [1.165, 1.54) is 118 Å². The maximum atomic E-state index is 6.60. The lowest BCUT2D eigenvalue weighted by Crippen LogP contribution is -2.40. The largest absolute Gasteiger partial charge is 0.454 e. The third-order valence-electron chi connectivity index (χ3n) is 16.0. The number of rotatable bonds is 4. The van der Waals surface area contributed by atoms with E-state index in [4.69, 9.17) is 4.42 Å². The van der Waals surface area contributed by atoms with Crippen molar-refractivity contribution in [3.8, 4) is 11.1 Å². The van der Waals surface area contributed by atoms with Gasteiger partial charge in [0, 0.05) is 43.5 Å². The first-order valence-electron chi connectivity index (χ1n) is 23.8. The van der Waals surface area contributed by atoms with Crippen molar-refractivity contribution in [1.82, 2.24) is 0 Å². The quantitative estimate of drug-likeness (QED) is 0.179. The number of para-hydroxylation sites is 2. The molecule has 65 heavy (non-hydrogen) atoms. The number of hydrogen-bond donors (Lipinski definition) is 1. The summed E-state index contributed by atoms with van der Waals surface area (Å²) in [5.41, 5.74) is 20.3. The third-order valence-corrected chi connectivity index (χ3v) is 17.1. The lowest BCUT2D eigenvalue weighted by atomic mass is 9.61. The second kappa shape index (κ2) is 13.9. The van der Waals surface area contributed by atoms with Crippen LogP contribution in [-0.2, 0) is 21.7 Å². The minimum absolute atomic E-state index is 0.0657. The lowest BCUT2D eigenvalue weighted by Gasteiger charge is -2.44. The predicted octanol–water partition coefficient (Wildman–Crippen LogP) is 16.1. The van der Waals surface area contributed by atoms with Crippen molar-refractivity contribution >= 4 is 100 Å². The first-order chi connectivity index (χ1) is 31.0. The van der Waals surface area contributed by atoms with Crippen LogP contribution in [0.5, 0.6) is 0 Å². The lowest BCUT2D eigenvalue weighted by molar-refractivity contribution is 0.332. The molecule has 0 bridgehead atoms. The molecule has 3 nitrogen and oxygen atoms in total. The maximum absolute atomic E-state index is 6.60. The Hall–Kier alpha value is -5.78. The van der Waals surface area contributed by atoms with Crippen LogP contribution in [0, 0.1) is 13.8 Å². The molecule has 0 spiro atoms. The van der Waals surface area contributed by atoms with E-state index >= 15 is 0 Å². The maximum Gasteiger partial charge on any atom is 0.211 e. The first kappa shape index (κ1) is 40.7. The molecule has 5 heteroatoms. The van der Waals surface area contributed by atoms with Gasteiger partial charge in [-0.3, -0.25) is 0 Å². The SMILES string of the molecule is Cc1cc(-c2c(Nc3cccc4c3oc3ccccc34)ccc3ccccc23)c2c(c1)N(c1cc3c(cc1C)C(C)(C)CCC3(C)C)c1c(sc3cc4c(cc13)C(C)(C)CCC4(C)C)[B]2. The Morgan fingerprint density at radius 2 is 1.20 bits per heavy atom. The number of thiophene rings is 1. The van der Waals surface area contributed by atoms with Crippen LogP contribution in [0.3, 0.4) is 0 Å². The predicted molar refractivity (Wildman–Crippen MR) is 282 cm³/mol. The average molecular weight is 866 g/mol. The van der Waals surface area contributed by atoms with Crippen LogP contribution < -0.4 is 20.5 Å². The van der Waals surface area contributed by atoms with E-state index in [0.29, 0.717) is 0 Å². The van der Waals surface area contributed by atoms with Gasteiger partial charge < -0.3 is 14.6 Å². The monoisotopic (exact) mass is 865 g/mol. The normalized spacial score (nSPS) is 17.7. The van der Waals surface area contributed by atoms with Crippen LogP contribution in [0.15, 0.2) is 120 Å². The van der Waals surface area contributed by atoms with Crippen molar-refractivity contribution < 1.29 is 4.42 Å². The van der Waals surface area contributed by atoms with Gasteiger partial charge in [-0.1, -0.05) is 128 Å². The fraction of sp³-hybridized carbons (Fsp3) is 0.300. The van der Waals surface area contributed by atoms with E-state index in [1.54, 1.807) is 0 Å². The average Bonchev–Trinajstić information content (AvgIpc) is 3.84. The van der Waals surface area contributed by atoms with Gasteiger partial charge in [-0.2, -0.15) is 0 Å². The van der Waals surface area contributed by atoms with E-state index in [1.807, 2.05) is 17.4 Å². The number of anilines is 5. The molecule has 1 radical (unpaired) electrons. The minimum Gasteiger partial charge on any atom is -0.454 e. The van der Waals surface area contributed by atoms with Crippen LogP contribution in [0.25, 0.3) is 53.9 Å². The number of fused-ring (bicyclic) bond motifs is 10. The number of nitrogens with zero attached hydrogens (tertiary/aromatic N) is 1. The number of aryl methyl sites for hydroxylation is 2. The molecule has 1 aliphatic heterocycles.